The minimum Gasteiger partial charge on any atom is -0.444 e. The van der Waals surface area contributed by atoms with Crippen LogP contribution in [0.4, 0.5) is 4.79 Å². The fourth-order valence-corrected chi connectivity index (χ4v) is 4.40. The molecule has 12 heteroatoms. The van der Waals surface area contributed by atoms with Crippen LogP contribution in [0, 0.1) is 5.92 Å². The van der Waals surface area contributed by atoms with E-state index in [-0.39, 0.29) is 30.8 Å². The van der Waals surface area contributed by atoms with Crippen LogP contribution < -0.4 is 10.6 Å². The van der Waals surface area contributed by atoms with E-state index in [2.05, 4.69) is 20.7 Å². The van der Waals surface area contributed by atoms with Crippen molar-refractivity contribution < 1.29 is 23.9 Å². The number of nitrogens with one attached hydrogen (secondary N) is 2. The fourth-order valence-electron chi connectivity index (χ4n) is 4.40. The van der Waals surface area contributed by atoms with Crippen molar-refractivity contribution in [3.05, 3.63) is 46.3 Å². The Morgan fingerprint density at radius 1 is 1.15 bits per heavy atom. The maximum atomic E-state index is 13.9. The van der Waals surface area contributed by atoms with Crippen molar-refractivity contribution in [3.63, 3.8) is 0 Å². The summed E-state index contributed by atoms with van der Waals surface area (Å²) in [6.45, 7) is 12.4. The predicted octanol–water partition coefficient (Wildman–Crippen LogP) is 3.93. The van der Waals surface area contributed by atoms with Crippen LogP contribution in [0.5, 0.6) is 0 Å². The third-order valence-electron chi connectivity index (χ3n) is 7.16. The summed E-state index contributed by atoms with van der Waals surface area (Å²) in [6, 6.07) is 5.79. The number of likely N-dealkylation sites (tertiary alicyclic amines) is 1. The molecule has 0 spiro atoms. The molecular formula is C28H43N7O5. The zero-order valence-electron chi connectivity index (χ0n) is 24.7. The van der Waals surface area contributed by atoms with Gasteiger partial charge in [0.15, 0.2) is 0 Å². The number of hydrogen-bond acceptors (Lipinski definition) is 6. The van der Waals surface area contributed by atoms with E-state index in [1.165, 1.54) is 16.8 Å². The van der Waals surface area contributed by atoms with Crippen molar-refractivity contribution in [2.45, 2.75) is 97.1 Å². The molecule has 1 aliphatic heterocycles. The molecule has 2 rings (SSSR count). The van der Waals surface area contributed by atoms with Crippen LogP contribution in [0.25, 0.3) is 10.4 Å². The lowest BCUT2D eigenvalue weighted by Gasteiger charge is -2.33. The topological polar surface area (TPSA) is 157 Å². The first kappa shape index (κ1) is 32.4. The summed E-state index contributed by atoms with van der Waals surface area (Å²) in [5.41, 5.74) is 9.18. The van der Waals surface area contributed by atoms with E-state index in [4.69, 9.17) is 10.3 Å². The second-order valence-electron chi connectivity index (χ2n) is 11.4. The molecular weight excluding hydrogens is 514 g/mol. The van der Waals surface area contributed by atoms with Gasteiger partial charge in [-0.3, -0.25) is 19.3 Å². The van der Waals surface area contributed by atoms with Crippen LogP contribution in [0.3, 0.4) is 0 Å². The van der Waals surface area contributed by atoms with Crippen LogP contribution in [0.15, 0.2) is 35.4 Å². The van der Waals surface area contributed by atoms with Crippen molar-refractivity contribution in [1.82, 2.24) is 20.4 Å². The second kappa shape index (κ2) is 14.0. The number of azide groups is 1. The molecule has 1 saturated heterocycles. The lowest BCUT2D eigenvalue weighted by atomic mass is 9.97. The molecule has 1 aromatic carbocycles. The highest BCUT2D eigenvalue weighted by atomic mass is 16.6. The third kappa shape index (κ3) is 8.61. The molecule has 12 nitrogen and oxygen atoms in total. The molecule has 0 saturated carbocycles. The lowest BCUT2D eigenvalue weighted by molar-refractivity contribution is -0.143. The molecule has 4 amide bonds. The number of nitrogens with zero attached hydrogens (tertiary/aromatic N) is 5. The minimum absolute atomic E-state index is 0.0524. The SMILES string of the molecule is CC[C@H](C)[C@H](NC(=O)[C@H](C)N(C)C(=O)OC(C)(C)C)C(=O)N1C[C@@H](N=[N+]=[N-])C[C@H]1C(=O)N[C@H](C)c1ccccc1. The Bertz CT molecular complexity index is 1100. The van der Waals surface area contributed by atoms with Gasteiger partial charge >= 0.3 is 6.09 Å². The molecule has 2 N–H and O–H groups in total. The first-order valence-corrected chi connectivity index (χ1v) is 13.7. The molecule has 0 radical (unpaired) electrons. The van der Waals surface area contributed by atoms with E-state index < -0.39 is 47.7 Å². The molecule has 220 valence electrons. The summed E-state index contributed by atoms with van der Waals surface area (Å²) in [5, 5.41) is 9.53. The van der Waals surface area contributed by atoms with E-state index in [0.717, 1.165) is 5.56 Å². The van der Waals surface area contributed by atoms with Crippen LogP contribution in [-0.2, 0) is 19.1 Å². The number of benzene rings is 1. The van der Waals surface area contributed by atoms with Gasteiger partial charge in [-0.2, -0.15) is 0 Å². The first-order chi connectivity index (χ1) is 18.7. The largest absolute Gasteiger partial charge is 0.444 e. The molecule has 6 atom stereocenters. The van der Waals surface area contributed by atoms with Crippen molar-refractivity contribution in [2.75, 3.05) is 13.6 Å². The maximum Gasteiger partial charge on any atom is 0.410 e. The van der Waals surface area contributed by atoms with Crippen molar-refractivity contribution in [1.29, 1.82) is 0 Å². The molecule has 1 aliphatic rings. The Balaban J connectivity index is 2.25. The van der Waals surface area contributed by atoms with Gasteiger partial charge in [0, 0.05) is 18.5 Å². The van der Waals surface area contributed by atoms with E-state index in [0.29, 0.717) is 6.42 Å². The summed E-state index contributed by atoms with van der Waals surface area (Å²) in [4.78, 5) is 58.4. The van der Waals surface area contributed by atoms with Crippen LogP contribution in [-0.4, -0.2) is 77.0 Å². The number of rotatable bonds is 10. The number of amides is 4. The lowest BCUT2D eigenvalue weighted by Crippen LogP contribution is -2.58. The summed E-state index contributed by atoms with van der Waals surface area (Å²) < 4.78 is 5.36. The molecule has 0 unspecified atom stereocenters. The Hall–Kier alpha value is -3.79. The van der Waals surface area contributed by atoms with E-state index >= 15 is 0 Å². The van der Waals surface area contributed by atoms with Gasteiger partial charge < -0.3 is 20.3 Å². The molecule has 1 heterocycles. The van der Waals surface area contributed by atoms with Gasteiger partial charge in [0.2, 0.25) is 17.7 Å². The number of likely N-dealkylation sites (N-methyl/N-ethyl adjacent to an activating group) is 1. The summed E-state index contributed by atoms with van der Waals surface area (Å²) in [5.74, 6) is -1.62. The third-order valence-corrected chi connectivity index (χ3v) is 7.16. The normalized spacial score (nSPS) is 19.9. The van der Waals surface area contributed by atoms with Crippen LogP contribution in [0.2, 0.25) is 0 Å². The molecule has 0 aromatic heterocycles. The quantitative estimate of drug-likeness (QED) is 0.253. The molecule has 1 aromatic rings. The highest BCUT2D eigenvalue weighted by molar-refractivity contribution is 5.94. The van der Waals surface area contributed by atoms with Crippen LogP contribution in [0.1, 0.15) is 72.9 Å². The van der Waals surface area contributed by atoms with Crippen LogP contribution >= 0.6 is 0 Å². The summed E-state index contributed by atoms with van der Waals surface area (Å²) in [6.07, 6.45) is 0.0764. The molecule has 0 aliphatic carbocycles. The second-order valence-corrected chi connectivity index (χ2v) is 11.4. The zero-order chi connectivity index (χ0) is 30.2. The average Bonchev–Trinajstić information content (AvgIpc) is 3.33. The summed E-state index contributed by atoms with van der Waals surface area (Å²) >= 11 is 0. The monoisotopic (exact) mass is 557 g/mol. The Morgan fingerprint density at radius 2 is 1.77 bits per heavy atom. The maximum absolute atomic E-state index is 13.9. The van der Waals surface area contributed by atoms with Gasteiger partial charge in [0.05, 0.1) is 12.1 Å². The number of hydrogen-bond donors (Lipinski definition) is 2. The molecule has 0 bridgehead atoms. The average molecular weight is 558 g/mol. The smallest absolute Gasteiger partial charge is 0.410 e. The fraction of sp³-hybridized carbons (Fsp3) is 0.643. The Kier molecular flexibility index (Phi) is 11.4. The van der Waals surface area contributed by atoms with Crippen molar-refractivity contribution in [3.8, 4) is 0 Å². The van der Waals surface area contributed by atoms with E-state index in [1.807, 2.05) is 51.1 Å². The van der Waals surface area contributed by atoms with Crippen molar-refractivity contribution in [2.24, 2.45) is 11.0 Å². The number of carbonyl (C=O) groups is 4. The Labute approximate surface area is 236 Å². The Morgan fingerprint density at radius 3 is 2.33 bits per heavy atom. The standard InChI is InChI=1S/C28H43N7O5/c1-9-17(2)23(31-24(36)19(4)34(8)27(39)40-28(5,6)7)26(38)35-16-21(32-33-29)15-22(35)25(37)30-18(3)20-13-11-10-12-14-20/h10-14,17-19,21-23H,9,15-16H2,1-8H3,(H,30,37)(H,31,36)/t17-,18+,19-,21-,22-,23-/m0/s1. The summed E-state index contributed by atoms with van der Waals surface area (Å²) in [7, 11) is 1.46. The number of ether oxygens (including phenoxy) is 1. The van der Waals surface area contributed by atoms with E-state index in [9.17, 15) is 19.2 Å². The van der Waals surface area contributed by atoms with Gasteiger partial charge in [-0.1, -0.05) is 55.7 Å². The molecule has 40 heavy (non-hydrogen) atoms. The van der Waals surface area contributed by atoms with Gasteiger partial charge in [-0.05, 0) is 58.1 Å². The van der Waals surface area contributed by atoms with Gasteiger partial charge in [-0.15, -0.1) is 0 Å². The van der Waals surface area contributed by atoms with Gasteiger partial charge in [-0.25, -0.2) is 4.79 Å². The van der Waals surface area contributed by atoms with Gasteiger partial charge in [0.25, 0.3) is 0 Å². The zero-order valence-corrected chi connectivity index (χ0v) is 24.7. The molecule has 1 fully saturated rings. The minimum atomic E-state index is -0.960. The highest BCUT2D eigenvalue weighted by Crippen LogP contribution is 2.25. The predicted molar refractivity (Wildman–Crippen MR) is 151 cm³/mol. The first-order valence-electron chi connectivity index (χ1n) is 13.7. The number of carbonyl (C=O) groups excluding carboxylic acids is 4. The van der Waals surface area contributed by atoms with Gasteiger partial charge in [0.1, 0.15) is 23.7 Å². The van der Waals surface area contributed by atoms with E-state index in [1.54, 1.807) is 27.7 Å². The highest BCUT2D eigenvalue weighted by Gasteiger charge is 2.43. The van der Waals surface area contributed by atoms with Crippen molar-refractivity contribution >= 4 is 23.8 Å².